The molecule has 1 heterocycles. The van der Waals surface area contributed by atoms with Gasteiger partial charge in [-0.2, -0.15) is 0 Å². The van der Waals surface area contributed by atoms with E-state index in [1.54, 1.807) is 0 Å². The van der Waals surface area contributed by atoms with Gasteiger partial charge in [0.25, 0.3) is 0 Å². The number of rotatable bonds is 4. The largest absolute Gasteiger partial charge is 0.360 e. The van der Waals surface area contributed by atoms with Gasteiger partial charge in [-0.25, -0.2) is 0 Å². The monoisotopic (exact) mass is 242 g/mol. The molecule has 1 rings (SSSR count). The highest BCUT2D eigenvalue weighted by Gasteiger charge is 2.27. The number of thioether (sulfide) groups is 1. The number of hydrogen-bond acceptors (Lipinski definition) is 3. The summed E-state index contributed by atoms with van der Waals surface area (Å²) >= 11 is 1.90. The molecule has 1 aliphatic rings. The Morgan fingerprint density at radius 3 is 2.25 bits per heavy atom. The third-order valence-corrected chi connectivity index (χ3v) is 4.75. The molecule has 0 bridgehead atoms. The molecule has 2 nitrogen and oxygen atoms in total. The summed E-state index contributed by atoms with van der Waals surface area (Å²) in [6, 6.07) is 0.474. The van der Waals surface area contributed by atoms with Crippen LogP contribution in [0.4, 0.5) is 0 Å². The van der Waals surface area contributed by atoms with E-state index in [9.17, 15) is 0 Å². The second kappa shape index (κ2) is 5.95. The SMILES string of the molecule is CCC(CC)(CC)NC1=NC(C)CC(C)S1. The van der Waals surface area contributed by atoms with Crippen molar-refractivity contribution in [1.82, 2.24) is 5.32 Å². The fourth-order valence-electron chi connectivity index (χ4n) is 2.31. The topological polar surface area (TPSA) is 24.4 Å². The van der Waals surface area contributed by atoms with Gasteiger partial charge in [0.1, 0.15) is 0 Å². The molecule has 0 aromatic heterocycles. The second-order valence-electron chi connectivity index (χ2n) is 4.91. The van der Waals surface area contributed by atoms with Crippen molar-refractivity contribution in [1.29, 1.82) is 0 Å². The van der Waals surface area contributed by atoms with Gasteiger partial charge < -0.3 is 5.32 Å². The molecule has 2 unspecified atom stereocenters. The molecule has 0 aliphatic carbocycles. The van der Waals surface area contributed by atoms with Gasteiger partial charge in [-0.15, -0.1) is 0 Å². The summed E-state index contributed by atoms with van der Waals surface area (Å²) in [5, 5.41) is 5.55. The lowest BCUT2D eigenvalue weighted by atomic mass is 9.90. The third-order valence-electron chi connectivity index (χ3n) is 3.73. The molecule has 1 aliphatic heterocycles. The van der Waals surface area contributed by atoms with Crippen LogP contribution in [0.25, 0.3) is 0 Å². The van der Waals surface area contributed by atoms with Crippen LogP contribution in [0.2, 0.25) is 0 Å². The smallest absolute Gasteiger partial charge is 0.157 e. The Kier molecular flexibility index (Phi) is 5.16. The Hall–Kier alpha value is -0.180. The Labute approximate surface area is 105 Å². The third kappa shape index (κ3) is 3.41. The first kappa shape index (κ1) is 13.9. The molecule has 2 atom stereocenters. The van der Waals surface area contributed by atoms with Crippen LogP contribution in [0.5, 0.6) is 0 Å². The molecule has 0 saturated heterocycles. The van der Waals surface area contributed by atoms with E-state index >= 15 is 0 Å². The molecule has 0 aromatic carbocycles. The van der Waals surface area contributed by atoms with Gasteiger partial charge in [0, 0.05) is 10.8 Å². The van der Waals surface area contributed by atoms with Crippen LogP contribution in [0, 0.1) is 0 Å². The van der Waals surface area contributed by atoms with Crippen LogP contribution in [-0.2, 0) is 0 Å². The van der Waals surface area contributed by atoms with Crippen molar-refractivity contribution < 1.29 is 0 Å². The van der Waals surface area contributed by atoms with Crippen molar-refractivity contribution in [2.75, 3.05) is 0 Å². The fourth-order valence-corrected chi connectivity index (χ4v) is 3.58. The Morgan fingerprint density at radius 1 is 1.25 bits per heavy atom. The van der Waals surface area contributed by atoms with Crippen molar-refractivity contribution in [3.05, 3.63) is 0 Å². The summed E-state index contributed by atoms with van der Waals surface area (Å²) in [6.45, 7) is 11.3. The molecule has 0 aromatic rings. The average molecular weight is 242 g/mol. The Morgan fingerprint density at radius 2 is 1.81 bits per heavy atom. The molecule has 94 valence electrons. The zero-order valence-electron chi connectivity index (χ0n) is 11.3. The van der Waals surface area contributed by atoms with Crippen LogP contribution in [-0.4, -0.2) is 22.0 Å². The van der Waals surface area contributed by atoms with Crippen molar-refractivity contribution in [3.8, 4) is 0 Å². The van der Waals surface area contributed by atoms with Gasteiger partial charge in [-0.3, -0.25) is 4.99 Å². The van der Waals surface area contributed by atoms with E-state index in [2.05, 4.69) is 39.9 Å². The first-order chi connectivity index (χ1) is 7.55. The Bertz CT molecular complexity index is 238. The Balaban J connectivity index is 2.71. The summed E-state index contributed by atoms with van der Waals surface area (Å²) in [5.41, 5.74) is 0.253. The summed E-state index contributed by atoms with van der Waals surface area (Å²) in [4.78, 5) is 4.73. The minimum atomic E-state index is 0.253. The second-order valence-corrected chi connectivity index (χ2v) is 6.34. The van der Waals surface area contributed by atoms with Gasteiger partial charge in [-0.05, 0) is 32.6 Å². The molecule has 0 radical (unpaired) electrons. The summed E-state index contributed by atoms with van der Waals surface area (Å²) in [6.07, 6.45) is 4.71. The highest BCUT2D eigenvalue weighted by molar-refractivity contribution is 8.14. The lowest BCUT2D eigenvalue weighted by molar-refractivity contribution is 0.340. The molecule has 0 fully saturated rings. The van der Waals surface area contributed by atoms with Crippen molar-refractivity contribution in [2.45, 2.75) is 77.1 Å². The summed E-state index contributed by atoms with van der Waals surface area (Å²) < 4.78 is 0. The van der Waals surface area contributed by atoms with E-state index in [0.717, 1.165) is 5.17 Å². The number of amidine groups is 1. The highest BCUT2D eigenvalue weighted by Crippen LogP contribution is 2.27. The quantitative estimate of drug-likeness (QED) is 0.810. The highest BCUT2D eigenvalue weighted by atomic mass is 32.2. The van der Waals surface area contributed by atoms with Crippen LogP contribution >= 0.6 is 11.8 Å². The molecular formula is C13H26N2S. The molecule has 0 saturated carbocycles. The number of nitrogens with zero attached hydrogens (tertiary/aromatic N) is 1. The van der Waals surface area contributed by atoms with Gasteiger partial charge in [-0.1, -0.05) is 39.5 Å². The van der Waals surface area contributed by atoms with Gasteiger partial charge in [0.2, 0.25) is 0 Å². The number of aliphatic imine (C=N–C) groups is 1. The van der Waals surface area contributed by atoms with Crippen molar-refractivity contribution in [2.24, 2.45) is 4.99 Å². The predicted molar refractivity (Wildman–Crippen MR) is 75.3 cm³/mol. The fraction of sp³-hybridized carbons (Fsp3) is 0.923. The van der Waals surface area contributed by atoms with Crippen LogP contribution in [0.15, 0.2) is 4.99 Å². The predicted octanol–water partition coefficient (Wildman–Crippen LogP) is 3.81. The standard InChI is InChI=1S/C13H26N2S/c1-6-13(7-2,8-3)15-12-14-10(4)9-11(5)16-12/h10-11H,6-9H2,1-5H3,(H,14,15). The maximum atomic E-state index is 4.73. The van der Waals surface area contributed by atoms with E-state index in [4.69, 9.17) is 4.99 Å². The van der Waals surface area contributed by atoms with Gasteiger partial charge >= 0.3 is 0 Å². The normalized spacial score (nSPS) is 26.4. The first-order valence-corrected chi connectivity index (χ1v) is 7.45. The number of hydrogen-bond donors (Lipinski definition) is 1. The lowest BCUT2D eigenvalue weighted by Gasteiger charge is -2.35. The molecule has 16 heavy (non-hydrogen) atoms. The van der Waals surface area contributed by atoms with E-state index in [1.807, 2.05) is 11.8 Å². The maximum Gasteiger partial charge on any atom is 0.157 e. The number of nitrogens with one attached hydrogen (secondary N) is 1. The minimum absolute atomic E-state index is 0.253. The maximum absolute atomic E-state index is 4.73. The summed E-state index contributed by atoms with van der Waals surface area (Å²) in [7, 11) is 0. The van der Waals surface area contributed by atoms with Crippen molar-refractivity contribution >= 4 is 16.9 Å². The minimum Gasteiger partial charge on any atom is -0.360 e. The van der Waals surface area contributed by atoms with Crippen molar-refractivity contribution in [3.63, 3.8) is 0 Å². The first-order valence-electron chi connectivity index (χ1n) is 6.57. The molecule has 1 N–H and O–H groups in total. The molecular weight excluding hydrogens is 216 g/mol. The van der Waals surface area contributed by atoms with E-state index < -0.39 is 0 Å². The molecule has 3 heteroatoms. The van der Waals surface area contributed by atoms with Crippen LogP contribution < -0.4 is 5.32 Å². The van der Waals surface area contributed by atoms with E-state index in [-0.39, 0.29) is 5.54 Å². The van der Waals surface area contributed by atoms with E-state index in [0.29, 0.717) is 11.3 Å². The van der Waals surface area contributed by atoms with Gasteiger partial charge in [0.05, 0.1) is 6.04 Å². The zero-order valence-corrected chi connectivity index (χ0v) is 12.2. The zero-order chi connectivity index (χ0) is 12.2. The average Bonchev–Trinajstić information content (AvgIpc) is 2.25. The van der Waals surface area contributed by atoms with Crippen LogP contribution in [0.1, 0.15) is 60.3 Å². The van der Waals surface area contributed by atoms with Gasteiger partial charge in [0.15, 0.2) is 5.17 Å². The molecule has 0 spiro atoms. The van der Waals surface area contributed by atoms with Crippen LogP contribution in [0.3, 0.4) is 0 Å². The molecule has 0 amide bonds. The lowest BCUT2D eigenvalue weighted by Crippen LogP contribution is -2.47. The van der Waals surface area contributed by atoms with E-state index in [1.165, 1.54) is 25.7 Å². The summed E-state index contributed by atoms with van der Waals surface area (Å²) in [5.74, 6) is 0.